The highest BCUT2D eigenvalue weighted by Gasteiger charge is 2.62. The number of alkyl halides is 2. The molecule has 0 unspecified atom stereocenters. The second-order valence-electron chi connectivity index (χ2n) is 7.40. The fraction of sp³-hybridized carbons (Fsp3) is 0.933. The summed E-state index contributed by atoms with van der Waals surface area (Å²) in [5.74, 6) is -2.64. The van der Waals surface area contributed by atoms with Crippen LogP contribution in [-0.4, -0.2) is 22.4 Å². The lowest BCUT2D eigenvalue weighted by molar-refractivity contribution is -0.196. The summed E-state index contributed by atoms with van der Waals surface area (Å²) in [4.78, 5) is 12.7. The number of ketones is 1. The zero-order valence-electron chi connectivity index (χ0n) is 12.1. The fourth-order valence-corrected chi connectivity index (χ4v) is 3.66. The van der Waals surface area contributed by atoms with Crippen LogP contribution >= 0.6 is 0 Å². The molecule has 0 bridgehead atoms. The molecule has 0 aliphatic heterocycles. The van der Waals surface area contributed by atoms with Crippen molar-refractivity contribution in [2.45, 2.75) is 77.2 Å². The SMILES string of the molecule is CC(C)(C)C(=O)C1(C2(O)CCC(F)(F)CC2)CCC1. The van der Waals surface area contributed by atoms with Gasteiger partial charge in [-0.05, 0) is 25.7 Å². The minimum absolute atomic E-state index is 0.0407. The summed E-state index contributed by atoms with van der Waals surface area (Å²) in [6, 6.07) is 0. The van der Waals surface area contributed by atoms with Crippen LogP contribution in [0, 0.1) is 10.8 Å². The van der Waals surface area contributed by atoms with Crippen molar-refractivity contribution in [1.82, 2.24) is 0 Å². The molecule has 0 spiro atoms. The lowest BCUT2D eigenvalue weighted by atomic mass is 9.50. The monoisotopic (exact) mass is 274 g/mol. The zero-order valence-corrected chi connectivity index (χ0v) is 12.1. The Morgan fingerprint density at radius 2 is 1.47 bits per heavy atom. The molecule has 2 nitrogen and oxygen atoms in total. The minimum atomic E-state index is -2.68. The van der Waals surface area contributed by atoms with Crippen LogP contribution in [0.15, 0.2) is 0 Å². The van der Waals surface area contributed by atoms with E-state index in [9.17, 15) is 18.7 Å². The maximum absolute atomic E-state index is 13.3. The number of halogens is 2. The number of hydrogen-bond donors (Lipinski definition) is 1. The second-order valence-corrected chi connectivity index (χ2v) is 7.40. The molecule has 0 aromatic rings. The van der Waals surface area contributed by atoms with E-state index in [0.717, 1.165) is 6.42 Å². The molecule has 0 atom stereocenters. The van der Waals surface area contributed by atoms with E-state index in [0.29, 0.717) is 12.8 Å². The maximum atomic E-state index is 13.3. The Balaban J connectivity index is 2.25. The third kappa shape index (κ3) is 2.32. The summed E-state index contributed by atoms with van der Waals surface area (Å²) in [7, 11) is 0. The molecule has 0 aromatic heterocycles. The summed E-state index contributed by atoms with van der Waals surface area (Å²) in [5.41, 5.74) is -2.53. The molecule has 2 aliphatic rings. The van der Waals surface area contributed by atoms with E-state index < -0.39 is 22.4 Å². The molecule has 0 heterocycles. The van der Waals surface area contributed by atoms with Gasteiger partial charge in [-0.2, -0.15) is 0 Å². The molecule has 0 aromatic carbocycles. The smallest absolute Gasteiger partial charge is 0.248 e. The molecule has 19 heavy (non-hydrogen) atoms. The Morgan fingerprint density at radius 1 is 1.00 bits per heavy atom. The van der Waals surface area contributed by atoms with Crippen LogP contribution in [0.5, 0.6) is 0 Å². The summed E-state index contributed by atoms with van der Waals surface area (Å²) in [6.07, 6.45) is 1.67. The van der Waals surface area contributed by atoms with E-state index >= 15 is 0 Å². The molecule has 2 rings (SSSR count). The van der Waals surface area contributed by atoms with Gasteiger partial charge >= 0.3 is 0 Å². The van der Waals surface area contributed by atoms with Gasteiger partial charge in [0.2, 0.25) is 5.92 Å². The minimum Gasteiger partial charge on any atom is -0.389 e. The molecular formula is C15H24F2O2. The topological polar surface area (TPSA) is 37.3 Å². The van der Waals surface area contributed by atoms with Gasteiger partial charge in [0.25, 0.3) is 0 Å². The fourth-order valence-electron chi connectivity index (χ4n) is 3.66. The lowest BCUT2D eigenvalue weighted by Gasteiger charge is -2.56. The average Bonchev–Trinajstić information content (AvgIpc) is 2.20. The predicted octanol–water partition coefficient (Wildman–Crippen LogP) is 3.71. The van der Waals surface area contributed by atoms with Gasteiger partial charge in [0.1, 0.15) is 5.78 Å². The van der Waals surface area contributed by atoms with Crippen LogP contribution in [0.1, 0.15) is 65.7 Å². The van der Waals surface area contributed by atoms with Gasteiger partial charge in [-0.25, -0.2) is 8.78 Å². The molecule has 0 radical (unpaired) electrons. The number of carbonyl (C=O) groups excluding carboxylic acids is 1. The van der Waals surface area contributed by atoms with Gasteiger partial charge in [-0.15, -0.1) is 0 Å². The van der Waals surface area contributed by atoms with Crippen molar-refractivity contribution in [3.63, 3.8) is 0 Å². The standard InChI is InChI=1S/C15H24F2O2/c1-12(2,3)11(18)13(5-4-6-13)14(19)7-9-15(16,17)10-8-14/h19H,4-10H2,1-3H3. The summed E-state index contributed by atoms with van der Waals surface area (Å²) in [5, 5.41) is 10.9. The lowest BCUT2D eigenvalue weighted by Crippen LogP contribution is -2.61. The molecule has 2 fully saturated rings. The molecule has 0 saturated heterocycles. The van der Waals surface area contributed by atoms with Gasteiger partial charge in [0.05, 0.1) is 11.0 Å². The second kappa shape index (κ2) is 4.24. The van der Waals surface area contributed by atoms with Gasteiger partial charge in [0, 0.05) is 18.3 Å². The van der Waals surface area contributed by atoms with Crippen molar-refractivity contribution in [2.75, 3.05) is 0 Å². The highest BCUT2D eigenvalue weighted by molar-refractivity contribution is 5.91. The van der Waals surface area contributed by atoms with E-state index in [1.165, 1.54) is 0 Å². The summed E-state index contributed by atoms with van der Waals surface area (Å²) < 4.78 is 26.6. The molecule has 2 saturated carbocycles. The first-order chi connectivity index (χ1) is 8.53. The largest absolute Gasteiger partial charge is 0.389 e. The Bertz CT molecular complexity index is 368. The molecule has 110 valence electrons. The molecule has 4 heteroatoms. The number of aliphatic hydroxyl groups is 1. The Hall–Kier alpha value is -0.510. The van der Waals surface area contributed by atoms with Crippen LogP contribution in [0.4, 0.5) is 8.78 Å². The van der Waals surface area contributed by atoms with Crippen molar-refractivity contribution in [1.29, 1.82) is 0 Å². The number of Topliss-reactive ketones (excluding diaryl/α,β-unsaturated/α-hetero) is 1. The Kier molecular flexibility index (Phi) is 3.32. The Morgan fingerprint density at radius 3 is 1.79 bits per heavy atom. The van der Waals surface area contributed by atoms with Crippen LogP contribution in [0.25, 0.3) is 0 Å². The van der Waals surface area contributed by atoms with Crippen LogP contribution in [0.2, 0.25) is 0 Å². The average molecular weight is 274 g/mol. The van der Waals surface area contributed by atoms with Crippen molar-refractivity contribution in [2.24, 2.45) is 10.8 Å². The summed E-state index contributed by atoms with van der Waals surface area (Å²) in [6.45, 7) is 5.53. The number of hydrogen-bond acceptors (Lipinski definition) is 2. The van der Waals surface area contributed by atoms with Crippen LogP contribution in [-0.2, 0) is 4.79 Å². The molecular weight excluding hydrogens is 250 g/mol. The van der Waals surface area contributed by atoms with Crippen molar-refractivity contribution in [3.05, 3.63) is 0 Å². The zero-order chi connectivity index (χ0) is 14.5. The number of rotatable bonds is 2. The van der Waals surface area contributed by atoms with E-state index in [4.69, 9.17) is 0 Å². The maximum Gasteiger partial charge on any atom is 0.248 e. The highest BCUT2D eigenvalue weighted by Crippen LogP contribution is 2.58. The Labute approximate surface area is 113 Å². The number of carbonyl (C=O) groups is 1. The van der Waals surface area contributed by atoms with E-state index in [2.05, 4.69) is 0 Å². The third-order valence-corrected chi connectivity index (χ3v) is 5.02. The van der Waals surface area contributed by atoms with E-state index in [-0.39, 0.29) is 31.5 Å². The van der Waals surface area contributed by atoms with Gasteiger partial charge in [-0.1, -0.05) is 27.2 Å². The van der Waals surface area contributed by atoms with Crippen LogP contribution < -0.4 is 0 Å². The summed E-state index contributed by atoms with van der Waals surface area (Å²) >= 11 is 0. The third-order valence-electron chi connectivity index (χ3n) is 5.02. The van der Waals surface area contributed by atoms with E-state index in [1.807, 2.05) is 20.8 Å². The van der Waals surface area contributed by atoms with Crippen molar-refractivity contribution in [3.8, 4) is 0 Å². The van der Waals surface area contributed by atoms with E-state index in [1.54, 1.807) is 0 Å². The first-order valence-electron chi connectivity index (χ1n) is 7.18. The van der Waals surface area contributed by atoms with Crippen molar-refractivity contribution >= 4 is 5.78 Å². The first kappa shape index (κ1) is 14.9. The quantitative estimate of drug-likeness (QED) is 0.833. The first-order valence-corrected chi connectivity index (χ1v) is 7.18. The normalized spacial score (nSPS) is 28.5. The predicted molar refractivity (Wildman–Crippen MR) is 69.1 cm³/mol. The molecule has 0 amide bonds. The van der Waals surface area contributed by atoms with Crippen LogP contribution in [0.3, 0.4) is 0 Å². The van der Waals surface area contributed by atoms with Gasteiger partial charge < -0.3 is 5.11 Å². The molecule has 2 aliphatic carbocycles. The van der Waals surface area contributed by atoms with Gasteiger partial charge in [-0.3, -0.25) is 4.79 Å². The van der Waals surface area contributed by atoms with Crippen molar-refractivity contribution < 1.29 is 18.7 Å². The highest BCUT2D eigenvalue weighted by atomic mass is 19.3. The van der Waals surface area contributed by atoms with Gasteiger partial charge in [0.15, 0.2) is 0 Å². The molecule has 1 N–H and O–H groups in total.